The highest BCUT2D eigenvalue weighted by Crippen LogP contribution is 2.26. The van der Waals surface area contributed by atoms with Crippen molar-refractivity contribution >= 4 is 22.9 Å². The second-order valence-electron chi connectivity index (χ2n) is 6.99. The fraction of sp³-hybridized carbons (Fsp3) is 0.0435. The molecule has 0 aliphatic carbocycles. The standard InChI is InChI=1S/C23H17FN6OS/c24-17-8-4-9-19(12-17)30-22(20-10-5-11-32-20)27-21(28-30)23(31)26-18-13-25-29(15-18)14-16-6-2-1-3-7-16/h1-13,15H,14H2,(H,26,31). The number of thiophene rings is 1. The van der Waals surface area contributed by atoms with Gasteiger partial charge in [-0.3, -0.25) is 9.48 Å². The Bertz CT molecular complexity index is 1360. The lowest BCUT2D eigenvalue weighted by Crippen LogP contribution is -2.14. The third-order valence-corrected chi connectivity index (χ3v) is 5.55. The highest BCUT2D eigenvalue weighted by atomic mass is 32.1. The number of aromatic nitrogens is 5. The first-order chi connectivity index (χ1) is 15.7. The van der Waals surface area contributed by atoms with E-state index in [1.807, 2.05) is 47.8 Å². The molecule has 0 saturated heterocycles. The third kappa shape index (κ3) is 4.19. The van der Waals surface area contributed by atoms with Gasteiger partial charge in [0.2, 0.25) is 5.82 Å². The molecule has 0 bridgehead atoms. The smallest absolute Gasteiger partial charge is 0.295 e. The van der Waals surface area contributed by atoms with E-state index in [1.54, 1.807) is 29.2 Å². The maximum absolute atomic E-state index is 13.8. The van der Waals surface area contributed by atoms with Gasteiger partial charge in [0.15, 0.2) is 5.82 Å². The molecule has 0 radical (unpaired) electrons. The van der Waals surface area contributed by atoms with Crippen LogP contribution >= 0.6 is 11.3 Å². The van der Waals surface area contributed by atoms with Gasteiger partial charge in [-0.05, 0) is 35.2 Å². The second kappa shape index (κ2) is 8.56. The quantitative estimate of drug-likeness (QED) is 0.414. The van der Waals surface area contributed by atoms with Crippen LogP contribution in [0.25, 0.3) is 16.4 Å². The van der Waals surface area contributed by atoms with Crippen molar-refractivity contribution in [3.63, 3.8) is 0 Å². The molecule has 158 valence electrons. The molecule has 0 unspecified atom stereocenters. The number of carbonyl (C=O) groups is 1. The Hall–Kier alpha value is -4.11. The molecule has 0 fully saturated rings. The monoisotopic (exact) mass is 444 g/mol. The molecular weight excluding hydrogens is 427 g/mol. The normalized spacial score (nSPS) is 10.9. The van der Waals surface area contributed by atoms with E-state index in [0.717, 1.165) is 10.4 Å². The molecule has 0 spiro atoms. The van der Waals surface area contributed by atoms with Gasteiger partial charge in [0.25, 0.3) is 5.91 Å². The molecule has 0 aliphatic heterocycles. The molecule has 0 saturated carbocycles. The van der Waals surface area contributed by atoms with Crippen LogP contribution in [0, 0.1) is 5.82 Å². The number of anilines is 1. The van der Waals surface area contributed by atoms with E-state index in [9.17, 15) is 9.18 Å². The summed E-state index contributed by atoms with van der Waals surface area (Å²) in [5.74, 6) is -0.423. The fourth-order valence-electron chi connectivity index (χ4n) is 3.23. The zero-order chi connectivity index (χ0) is 21.9. The molecule has 1 N–H and O–H groups in total. The molecule has 0 aliphatic rings. The van der Waals surface area contributed by atoms with Crippen LogP contribution in [0.5, 0.6) is 0 Å². The fourth-order valence-corrected chi connectivity index (χ4v) is 3.93. The number of nitrogens with one attached hydrogen (secondary N) is 1. The predicted octanol–water partition coefficient (Wildman–Crippen LogP) is 4.63. The first-order valence-corrected chi connectivity index (χ1v) is 10.7. The summed E-state index contributed by atoms with van der Waals surface area (Å²) in [6.45, 7) is 0.589. The van der Waals surface area contributed by atoms with Crippen LogP contribution in [0.1, 0.15) is 16.2 Å². The highest BCUT2D eigenvalue weighted by molar-refractivity contribution is 7.13. The van der Waals surface area contributed by atoms with Crippen LogP contribution in [0.4, 0.5) is 10.1 Å². The lowest BCUT2D eigenvalue weighted by Gasteiger charge is -2.04. The van der Waals surface area contributed by atoms with Gasteiger partial charge < -0.3 is 5.32 Å². The van der Waals surface area contributed by atoms with Crippen molar-refractivity contribution in [2.75, 3.05) is 5.32 Å². The zero-order valence-electron chi connectivity index (χ0n) is 16.7. The average Bonchev–Trinajstić information content (AvgIpc) is 3.55. The highest BCUT2D eigenvalue weighted by Gasteiger charge is 2.20. The molecule has 9 heteroatoms. The Morgan fingerprint density at radius 2 is 1.94 bits per heavy atom. The Morgan fingerprint density at radius 1 is 1.06 bits per heavy atom. The summed E-state index contributed by atoms with van der Waals surface area (Å²) in [4.78, 5) is 18.1. The van der Waals surface area contributed by atoms with Crippen molar-refractivity contribution in [2.24, 2.45) is 0 Å². The Kier molecular flexibility index (Phi) is 5.30. The van der Waals surface area contributed by atoms with E-state index in [2.05, 4.69) is 20.5 Å². The van der Waals surface area contributed by atoms with Crippen LogP contribution in [0.15, 0.2) is 84.5 Å². The molecule has 0 atom stereocenters. The van der Waals surface area contributed by atoms with Gasteiger partial charge in [0, 0.05) is 6.20 Å². The van der Waals surface area contributed by atoms with E-state index >= 15 is 0 Å². The summed E-state index contributed by atoms with van der Waals surface area (Å²) in [6, 6.07) is 19.7. The SMILES string of the molecule is O=C(Nc1cnn(Cc2ccccc2)c1)c1nc(-c2cccs2)n(-c2cccc(F)c2)n1. The number of hydrogen-bond donors (Lipinski definition) is 1. The number of amides is 1. The van der Waals surface area contributed by atoms with Crippen LogP contribution in [0.2, 0.25) is 0 Å². The number of hydrogen-bond acceptors (Lipinski definition) is 5. The van der Waals surface area contributed by atoms with Gasteiger partial charge in [0.05, 0.1) is 29.0 Å². The number of rotatable bonds is 6. The molecule has 32 heavy (non-hydrogen) atoms. The Labute approximate surface area is 186 Å². The topological polar surface area (TPSA) is 77.6 Å². The van der Waals surface area contributed by atoms with Gasteiger partial charge in [-0.2, -0.15) is 5.10 Å². The molecule has 7 nitrogen and oxygen atoms in total. The van der Waals surface area contributed by atoms with Crippen LogP contribution in [-0.2, 0) is 6.54 Å². The zero-order valence-corrected chi connectivity index (χ0v) is 17.5. The minimum atomic E-state index is -0.475. The van der Waals surface area contributed by atoms with Crippen LogP contribution in [0.3, 0.4) is 0 Å². The molecule has 2 aromatic carbocycles. The van der Waals surface area contributed by atoms with Crippen molar-refractivity contribution < 1.29 is 9.18 Å². The first-order valence-electron chi connectivity index (χ1n) is 9.80. The largest absolute Gasteiger partial charge is 0.316 e. The van der Waals surface area contributed by atoms with E-state index < -0.39 is 11.7 Å². The lowest BCUT2D eigenvalue weighted by atomic mass is 10.2. The summed E-state index contributed by atoms with van der Waals surface area (Å²) >= 11 is 1.46. The minimum absolute atomic E-state index is 0.0199. The number of halogens is 1. The Balaban J connectivity index is 1.40. The molecule has 3 heterocycles. The van der Waals surface area contributed by atoms with Crippen molar-refractivity contribution in [2.45, 2.75) is 6.54 Å². The summed E-state index contributed by atoms with van der Waals surface area (Å²) < 4.78 is 17.0. The second-order valence-corrected chi connectivity index (χ2v) is 7.94. The number of nitrogens with zero attached hydrogens (tertiary/aromatic N) is 5. The number of carbonyl (C=O) groups excluding carboxylic acids is 1. The minimum Gasteiger partial charge on any atom is -0.316 e. The number of benzene rings is 2. The van der Waals surface area contributed by atoms with Crippen molar-refractivity contribution in [1.29, 1.82) is 0 Å². The van der Waals surface area contributed by atoms with Crippen molar-refractivity contribution in [3.05, 3.63) is 102 Å². The third-order valence-electron chi connectivity index (χ3n) is 4.68. The average molecular weight is 444 g/mol. The van der Waals surface area contributed by atoms with Crippen LogP contribution in [-0.4, -0.2) is 30.5 Å². The van der Waals surface area contributed by atoms with E-state index in [4.69, 9.17) is 0 Å². The summed E-state index contributed by atoms with van der Waals surface area (Å²) in [6.07, 6.45) is 3.32. The summed E-state index contributed by atoms with van der Waals surface area (Å²) in [5, 5.41) is 13.3. The van der Waals surface area contributed by atoms with Gasteiger partial charge in [-0.15, -0.1) is 16.4 Å². The van der Waals surface area contributed by atoms with E-state index in [0.29, 0.717) is 23.7 Å². The van der Waals surface area contributed by atoms with Gasteiger partial charge >= 0.3 is 0 Å². The molecule has 1 amide bonds. The maximum atomic E-state index is 13.8. The summed E-state index contributed by atoms with van der Waals surface area (Å²) in [7, 11) is 0. The van der Waals surface area contributed by atoms with E-state index in [1.165, 1.54) is 28.2 Å². The van der Waals surface area contributed by atoms with Gasteiger partial charge in [-0.1, -0.05) is 42.5 Å². The lowest BCUT2D eigenvalue weighted by molar-refractivity contribution is 0.101. The molecule has 5 rings (SSSR count). The molecule has 3 aromatic heterocycles. The van der Waals surface area contributed by atoms with E-state index in [-0.39, 0.29) is 5.82 Å². The first kappa shape index (κ1) is 19.8. The molecule has 5 aromatic rings. The van der Waals surface area contributed by atoms with Crippen molar-refractivity contribution in [1.82, 2.24) is 24.5 Å². The predicted molar refractivity (Wildman–Crippen MR) is 120 cm³/mol. The maximum Gasteiger partial charge on any atom is 0.295 e. The van der Waals surface area contributed by atoms with Crippen molar-refractivity contribution in [3.8, 4) is 16.4 Å². The summed E-state index contributed by atoms with van der Waals surface area (Å²) in [5.41, 5.74) is 2.12. The van der Waals surface area contributed by atoms with Crippen LogP contribution < -0.4 is 5.32 Å². The Morgan fingerprint density at radius 3 is 2.72 bits per heavy atom. The van der Waals surface area contributed by atoms with Gasteiger partial charge in [0.1, 0.15) is 5.82 Å². The molecular formula is C23H17FN6OS. The van der Waals surface area contributed by atoms with Gasteiger partial charge in [-0.25, -0.2) is 14.1 Å².